The number of hydrogen-bond donors (Lipinski definition) is 0. The predicted molar refractivity (Wildman–Crippen MR) is 63.1 cm³/mol. The summed E-state index contributed by atoms with van der Waals surface area (Å²) in [4.78, 5) is 8.35. The Bertz CT molecular complexity index is 308. The Kier molecular flexibility index (Phi) is 4.61. The lowest BCUT2D eigenvalue weighted by molar-refractivity contribution is 0.626. The molecule has 1 heterocycles. The van der Waals surface area contributed by atoms with Crippen molar-refractivity contribution in [2.75, 3.05) is 0 Å². The van der Waals surface area contributed by atoms with Gasteiger partial charge in [0.25, 0.3) is 0 Å². The maximum absolute atomic E-state index is 5.88. The van der Waals surface area contributed by atoms with Gasteiger partial charge in [-0.05, 0) is 22.4 Å². The number of rotatable bonds is 3. The van der Waals surface area contributed by atoms with Gasteiger partial charge in [0.1, 0.15) is 16.1 Å². The van der Waals surface area contributed by atoms with E-state index < -0.39 is 0 Å². The van der Waals surface area contributed by atoms with Crippen molar-refractivity contribution in [3.05, 3.63) is 20.6 Å². The minimum Gasteiger partial charge on any atom is -0.220 e. The van der Waals surface area contributed by atoms with Gasteiger partial charge in [-0.2, -0.15) is 0 Å². The second-order valence-electron chi connectivity index (χ2n) is 3.17. The minimum absolute atomic E-state index is 0.295. The van der Waals surface area contributed by atoms with Crippen LogP contribution in [0.25, 0.3) is 0 Å². The molecule has 0 spiro atoms. The summed E-state index contributed by atoms with van der Waals surface area (Å²) in [5.74, 6) is 1.01. The van der Waals surface area contributed by atoms with Crippen molar-refractivity contribution in [2.24, 2.45) is 0 Å². The molecule has 0 radical (unpaired) electrons. The maximum atomic E-state index is 5.88. The fourth-order valence-electron chi connectivity index (χ4n) is 1.19. The molecule has 2 nitrogen and oxygen atoms in total. The molecule has 0 aromatic carbocycles. The zero-order valence-corrected chi connectivity index (χ0v) is 11.1. The lowest BCUT2D eigenvalue weighted by Crippen LogP contribution is -2.01. The molecule has 0 saturated carbocycles. The monoisotopic (exact) mass is 296 g/mol. The summed E-state index contributed by atoms with van der Waals surface area (Å²) in [5.41, 5.74) is 0. The molecule has 14 heavy (non-hydrogen) atoms. The molecule has 0 aliphatic heterocycles. The molecule has 0 aliphatic carbocycles. The predicted octanol–water partition coefficient (Wildman–Crippen LogP) is 4.45. The first-order chi connectivity index (χ1) is 6.56. The molecule has 0 bridgehead atoms. The van der Waals surface area contributed by atoms with E-state index in [1.807, 2.05) is 0 Å². The number of aromatic nitrogens is 2. The zero-order chi connectivity index (χ0) is 10.7. The third kappa shape index (κ3) is 2.81. The standard InChI is InChI=1S/C9H11BrCl2N2/c1-3-4-5(2)9-13-7(11)6(10)8(12)14-9/h5H,3-4H2,1-2H3. The topological polar surface area (TPSA) is 25.8 Å². The lowest BCUT2D eigenvalue weighted by Gasteiger charge is -2.09. The first-order valence-corrected chi connectivity index (χ1v) is 5.99. The van der Waals surface area contributed by atoms with E-state index in [1.54, 1.807) is 0 Å². The minimum atomic E-state index is 0.295. The van der Waals surface area contributed by atoms with Gasteiger partial charge in [0.2, 0.25) is 0 Å². The van der Waals surface area contributed by atoms with Crippen molar-refractivity contribution in [3.8, 4) is 0 Å². The molecule has 0 N–H and O–H groups in total. The molecule has 1 atom stereocenters. The van der Waals surface area contributed by atoms with Gasteiger partial charge in [-0.25, -0.2) is 9.97 Å². The molecular formula is C9H11BrCl2N2. The van der Waals surface area contributed by atoms with Gasteiger partial charge in [-0.3, -0.25) is 0 Å². The van der Waals surface area contributed by atoms with Gasteiger partial charge in [-0.1, -0.05) is 43.5 Å². The van der Waals surface area contributed by atoms with Crippen molar-refractivity contribution in [1.82, 2.24) is 9.97 Å². The molecule has 1 aromatic heterocycles. The van der Waals surface area contributed by atoms with Crippen molar-refractivity contribution >= 4 is 39.1 Å². The van der Waals surface area contributed by atoms with Crippen LogP contribution < -0.4 is 0 Å². The van der Waals surface area contributed by atoms with Gasteiger partial charge >= 0.3 is 0 Å². The summed E-state index contributed by atoms with van der Waals surface area (Å²) in [5, 5.41) is 0.755. The first kappa shape index (κ1) is 12.2. The van der Waals surface area contributed by atoms with E-state index in [0.29, 0.717) is 26.5 Å². The summed E-state index contributed by atoms with van der Waals surface area (Å²) in [6.45, 7) is 4.19. The number of halogens is 3. The van der Waals surface area contributed by atoms with Crippen LogP contribution in [-0.2, 0) is 0 Å². The van der Waals surface area contributed by atoms with Crippen LogP contribution in [0.4, 0.5) is 0 Å². The molecule has 78 valence electrons. The number of hydrogen-bond acceptors (Lipinski definition) is 2. The molecule has 0 amide bonds. The Hall–Kier alpha value is 0.140. The van der Waals surface area contributed by atoms with E-state index in [1.165, 1.54) is 0 Å². The molecular weight excluding hydrogens is 287 g/mol. The van der Waals surface area contributed by atoms with Crippen LogP contribution in [0.1, 0.15) is 38.4 Å². The van der Waals surface area contributed by atoms with E-state index >= 15 is 0 Å². The van der Waals surface area contributed by atoms with Crippen LogP contribution in [0.2, 0.25) is 10.3 Å². The molecule has 0 aliphatic rings. The Morgan fingerprint density at radius 3 is 2.21 bits per heavy atom. The summed E-state index contributed by atoms with van der Waals surface area (Å²) in [6.07, 6.45) is 2.13. The fourth-order valence-corrected chi connectivity index (χ4v) is 1.77. The van der Waals surface area contributed by atoms with Crippen LogP contribution >= 0.6 is 39.1 Å². The van der Waals surface area contributed by atoms with Gasteiger partial charge in [0.05, 0.1) is 4.47 Å². The summed E-state index contributed by atoms with van der Waals surface area (Å²) in [7, 11) is 0. The smallest absolute Gasteiger partial charge is 0.148 e. The van der Waals surface area contributed by atoms with Crippen molar-refractivity contribution in [1.29, 1.82) is 0 Å². The molecule has 5 heteroatoms. The van der Waals surface area contributed by atoms with E-state index in [9.17, 15) is 0 Å². The molecule has 0 fully saturated rings. The Morgan fingerprint density at radius 2 is 1.79 bits per heavy atom. The average molecular weight is 298 g/mol. The highest BCUT2D eigenvalue weighted by molar-refractivity contribution is 9.10. The molecule has 1 rings (SSSR count). The van der Waals surface area contributed by atoms with Crippen LogP contribution in [0.3, 0.4) is 0 Å². The van der Waals surface area contributed by atoms with Crippen molar-refractivity contribution in [2.45, 2.75) is 32.6 Å². The third-order valence-corrected chi connectivity index (χ3v) is 3.70. The maximum Gasteiger partial charge on any atom is 0.148 e. The van der Waals surface area contributed by atoms with E-state index in [-0.39, 0.29) is 0 Å². The second kappa shape index (κ2) is 5.29. The normalized spacial score (nSPS) is 12.9. The van der Waals surface area contributed by atoms with E-state index in [4.69, 9.17) is 23.2 Å². The summed E-state index contributed by atoms with van der Waals surface area (Å²) >= 11 is 15.0. The molecule has 0 saturated heterocycles. The zero-order valence-electron chi connectivity index (χ0n) is 8.02. The summed E-state index contributed by atoms with van der Waals surface area (Å²) in [6, 6.07) is 0. The van der Waals surface area contributed by atoms with Gasteiger partial charge in [0, 0.05) is 5.92 Å². The van der Waals surface area contributed by atoms with Crippen LogP contribution in [0.15, 0.2) is 4.47 Å². The van der Waals surface area contributed by atoms with Crippen LogP contribution in [-0.4, -0.2) is 9.97 Å². The molecule has 1 unspecified atom stereocenters. The highest BCUT2D eigenvalue weighted by Gasteiger charge is 2.13. The molecule has 1 aromatic rings. The van der Waals surface area contributed by atoms with E-state index in [2.05, 4.69) is 39.7 Å². The van der Waals surface area contributed by atoms with E-state index in [0.717, 1.165) is 12.8 Å². The Labute approximate surface area is 102 Å². The number of nitrogens with zero attached hydrogens (tertiary/aromatic N) is 2. The first-order valence-electron chi connectivity index (χ1n) is 4.44. The average Bonchev–Trinajstić information content (AvgIpc) is 2.13. The van der Waals surface area contributed by atoms with Crippen molar-refractivity contribution < 1.29 is 0 Å². The van der Waals surface area contributed by atoms with Crippen molar-refractivity contribution in [3.63, 3.8) is 0 Å². The highest BCUT2D eigenvalue weighted by atomic mass is 79.9. The van der Waals surface area contributed by atoms with Gasteiger partial charge in [0.15, 0.2) is 0 Å². The van der Waals surface area contributed by atoms with Crippen LogP contribution in [0, 0.1) is 0 Å². The SMILES string of the molecule is CCCC(C)c1nc(Cl)c(Br)c(Cl)n1. The fraction of sp³-hybridized carbons (Fsp3) is 0.556. The Morgan fingerprint density at radius 1 is 1.29 bits per heavy atom. The third-order valence-electron chi connectivity index (χ3n) is 1.95. The lowest BCUT2D eigenvalue weighted by atomic mass is 10.1. The largest absolute Gasteiger partial charge is 0.220 e. The van der Waals surface area contributed by atoms with Gasteiger partial charge in [-0.15, -0.1) is 0 Å². The quantitative estimate of drug-likeness (QED) is 0.770. The highest BCUT2D eigenvalue weighted by Crippen LogP contribution is 2.29. The van der Waals surface area contributed by atoms with Gasteiger partial charge < -0.3 is 0 Å². The summed E-state index contributed by atoms with van der Waals surface area (Å²) < 4.78 is 0.563. The van der Waals surface area contributed by atoms with Crippen LogP contribution in [0.5, 0.6) is 0 Å². The Balaban J connectivity index is 3.00. The second-order valence-corrected chi connectivity index (χ2v) is 4.68.